The van der Waals surface area contributed by atoms with E-state index in [1.807, 2.05) is 6.92 Å². The molecule has 5 rings (SSSR count). The fourth-order valence-corrected chi connectivity index (χ4v) is 5.58. The lowest BCUT2D eigenvalue weighted by Crippen LogP contribution is -2.32. The van der Waals surface area contributed by atoms with Crippen molar-refractivity contribution in [2.24, 2.45) is 13.0 Å². The average molecular weight is 610 g/mol. The van der Waals surface area contributed by atoms with Gasteiger partial charge < -0.3 is 9.80 Å². The van der Waals surface area contributed by atoms with E-state index in [-0.39, 0.29) is 24.1 Å². The molecule has 0 unspecified atom stereocenters. The molecule has 0 atom stereocenters. The van der Waals surface area contributed by atoms with Crippen molar-refractivity contribution < 1.29 is 30.7 Å². The summed E-state index contributed by atoms with van der Waals surface area (Å²) in [6.07, 6.45) is -5.54. The first-order chi connectivity index (χ1) is 20.3. The van der Waals surface area contributed by atoms with E-state index in [0.717, 1.165) is 37.0 Å². The van der Waals surface area contributed by atoms with Crippen LogP contribution in [0.3, 0.4) is 0 Å². The molecule has 2 aromatic heterocycles. The molecule has 1 saturated carbocycles. The highest BCUT2D eigenvalue weighted by atomic mass is 19.4. The number of fused-ring (bicyclic) bond motifs is 1. The first-order valence-electron chi connectivity index (χ1n) is 13.9. The number of aryl methyl sites for hydroxylation is 1. The molecule has 43 heavy (non-hydrogen) atoms. The summed E-state index contributed by atoms with van der Waals surface area (Å²) in [5, 5.41) is 12.5. The van der Waals surface area contributed by atoms with Gasteiger partial charge in [0, 0.05) is 37.1 Å². The fraction of sp³-hybridized carbons (Fsp3) is 0.448. The Kier molecular flexibility index (Phi) is 8.48. The van der Waals surface area contributed by atoms with E-state index < -0.39 is 35.8 Å². The van der Waals surface area contributed by atoms with E-state index in [2.05, 4.69) is 20.3 Å². The topological polar surface area (TPSA) is 63.0 Å². The molecule has 1 aliphatic carbocycles. The summed E-state index contributed by atoms with van der Waals surface area (Å²) in [7, 11) is 1.49. The maximum atomic E-state index is 14.2. The molecule has 2 aromatic carbocycles. The van der Waals surface area contributed by atoms with Gasteiger partial charge in [-0.3, -0.25) is 0 Å². The SMILES string of the molecule is CCN(CC1CCCC1)c1nc2ccc(F)cc2cc1CN(Cc1cc(C(F)(F)F)cc(C(F)(F)F)c1)c1nnn(C)n1. The number of halogens is 7. The number of aromatic nitrogens is 5. The van der Waals surface area contributed by atoms with E-state index in [1.165, 1.54) is 24.1 Å². The number of rotatable bonds is 9. The number of nitrogens with zero attached hydrogens (tertiary/aromatic N) is 7. The van der Waals surface area contributed by atoms with Crippen molar-refractivity contribution in [3.8, 4) is 0 Å². The summed E-state index contributed by atoms with van der Waals surface area (Å²) in [5.41, 5.74) is -1.92. The molecule has 0 radical (unpaired) electrons. The monoisotopic (exact) mass is 609 g/mol. The summed E-state index contributed by atoms with van der Waals surface area (Å²) in [5.74, 6) is 0.588. The first kappa shape index (κ1) is 30.5. The lowest BCUT2D eigenvalue weighted by Gasteiger charge is -2.30. The molecule has 0 amide bonds. The second-order valence-electron chi connectivity index (χ2n) is 10.8. The van der Waals surface area contributed by atoms with E-state index in [9.17, 15) is 30.7 Å². The van der Waals surface area contributed by atoms with Gasteiger partial charge in [0.2, 0.25) is 0 Å². The van der Waals surface area contributed by atoms with Crippen LogP contribution in [0, 0.1) is 11.7 Å². The van der Waals surface area contributed by atoms with Crippen molar-refractivity contribution >= 4 is 22.7 Å². The second-order valence-corrected chi connectivity index (χ2v) is 10.8. The van der Waals surface area contributed by atoms with Crippen LogP contribution in [0.25, 0.3) is 10.9 Å². The molecule has 0 bridgehead atoms. The lowest BCUT2D eigenvalue weighted by molar-refractivity contribution is -0.143. The van der Waals surface area contributed by atoms with Crippen molar-refractivity contribution in [3.05, 3.63) is 70.5 Å². The van der Waals surface area contributed by atoms with E-state index >= 15 is 0 Å². The predicted molar refractivity (Wildman–Crippen MR) is 147 cm³/mol. The van der Waals surface area contributed by atoms with Gasteiger partial charge in [-0.15, -0.1) is 5.10 Å². The summed E-state index contributed by atoms with van der Waals surface area (Å²) in [6.45, 7) is 2.89. The predicted octanol–water partition coefficient (Wildman–Crippen LogP) is 7.16. The molecule has 230 valence electrons. The summed E-state index contributed by atoms with van der Waals surface area (Å²) in [4.78, 5) is 9.55. The molecule has 4 aromatic rings. The average Bonchev–Trinajstić information content (AvgIpc) is 3.61. The van der Waals surface area contributed by atoms with Gasteiger partial charge in [-0.25, -0.2) is 9.37 Å². The Morgan fingerprint density at radius 1 is 0.884 bits per heavy atom. The highest BCUT2D eigenvalue weighted by molar-refractivity contribution is 5.82. The van der Waals surface area contributed by atoms with Gasteiger partial charge in [0.05, 0.1) is 23.7 Å². The number of pyridine rings is 1. The summed E-state index contributed by atoms with van der Waals surface area (Å²) in [6, 6.07) is 7.43. The van der Waals surface area contributed by atoms with Crippen molar-refractivity contribution in [2.45, 2.75) is 58.0 Å². The Labute approximate surface area is 243 Å². The van der Waals surface area contributed by atoms with Gasteiger partial charge in [0.1, 0.15) is 11.6 Å². The van der Waals surface area contributed by atoms with Crippen LogP contribution in [0.5, 0.6) is 0 Å². The van der Waals surface area contributed by atoms with Crippen molar-refractivity contribution in [2.75, 3.05) is 22.9 Å². The van der Waals surface area contributed by atoms with Gasteiger partial charge in [-0.1, -0.05) is 17.9 Å². The molecule has 1 aliphatic rings. The van der Waals surface area contributed by atoms with Crippen LogP contribution in [0.2, 0.25) is 0 Å². The van der Waals surface area contributed by atoms with Crippen LogP contribution < -0.4 is 9.80 Å². The standard InChI is InChI=1S/C29H30F7N7/c1-3-42(15-18-6-4-5-7-18)26-21(12-20-13-24(30)8-9-25(20)37-26)17-43(27-38-40-41(2)39-27)16-19-10-22(28(31,32)33)14-23(11-19)29(34,35)36/h8-14,18H,3-7,15-17H2,1-2H3. The maximum absolute atomic E-state index is 14.2. The number of hydrogen-bond acceptors (Lipinski definition) is 6. The van der Waals surface area contributed by atoms with Crippen molar-refractivity contribution in [3.63, 3.8) is 0 Å². The molecule has 0 N–H and O–H groups in total. The Hall–Kier alpha value is -3.97. The number of anilines is 2. The molecule has 0 spiro atoms. The highest BCUT2D eigenvalue weighted by Gasteiger charge is 2.37. The minimum Gasteiger partial charge on any atom is -0.356 e. The second kappa shape index (κ2) is 12.0. The lowest BCUT2D eigenvalue weighted by atomic mass is 10.0. The zero-order valence-electron chi connectivity index (χ0n) is 23.6. The molecule has 2 heterocycles. The maximum Gasteiger partial charge on any atom is 0.416 e. The van der Waals surface area contributed by atoms with E-state index in [0.29, 0.717) is 46.9 Å². The quantitative estimate of drug-likeness (QED) is 0.188. The van der Waals surface area contributed by atoms with E-state index in [4.69, 9.17) is 4.98 Å². The summed E-state index contributed by atoms with van der Waals surface area (Å²) < 4.78 is 95.9. The Morgan fingerprint density at radius 2 is 1.56 bits per heavy atom. The van der Waals surface area contributed by atoms with Crippen LogP contribution in [0.1, 0.15) is 54.9 Å². The third-order valence-electron chi connectivity index (χ3n) is 7.63. The summed E-state index contributed by atoms with van der Waals surface area (Å²) >= 11 is 0. The minimum absolute atomic E-state index is 0.00222. The molecular formula is C29H30F7N7. The zero-order valence-corrected chi connectivity index (χ0v) is 23.6. The van der Waals surface area contributed by atoms with Crippen molar-refractivity contribution in [1.29, 1.82) is 0 Å². The number of alkyl halides is 6. The molecular weight excluding hydrogens is 579 g/mol. The zero-order chi connectivity index (χ0) is 30.9. The van der Waals surface area contributed by atoms with Crippen molar-refractivity contribution in [1.82, 2.24) is 25.2 Å². The Balaban J connectivity index is 1.59. The molecule has 0 aliphatic heterocycles. The van der Waals surface area contributed by atoms with Crippen LogP contribution in [-0.4, -0.2) is 38.3 Å². The molecule has 14 heteroatoms. The molecule has 0 saturated heterocycles. The number of hydrogen-bond donors (Lipinski definition) is 0. The largest absolute Gasteiger partial charge is 0.416 e. The molecule has 7 nitrogen and oxygen atoms in total. The third-order valence-corrected chi connectivity index (χ3v) is 7.63. The van der Waals surface area contributed by atoms with Crippen LogP contribution in [-0.2, 0) is 32.5 Å². The van der Waals surface area contributed by atoms with Crippen LogP contribution in [0.4, 0.5) is 42.5 Å². The van der Waals surface area contributed by atoms with E-state index in [1.54, 1.807) is 12.1 Å². The first-order valence-corrected chi connectivity index (χ1v) is 13.9. The van der Waals surface area contributed by atoms with Crippen LogP contribution >= 0.6 is 0 Å². The van der Waals surface area contributed by atoms with Gasteiger partial charge in [-0.2, -0.15) is 31.1 Å². The Bertz CT molecular complexity index is 1540. The van der Waals surface area contributed by atoms with Crippen LogP contribution in [0.15, 0.2) is 42.5 Å². The fourth-order valence-electron chi connectivity index (χ4n) is 5.58. The number of tetrazole rings is 1. The van der Waals surface area contributed by atoms with Gasteiger partial charge in [-0.05, 0) is 78.9 Å². The normalized spacial score (nSPS) is 14.5. The van der Waals surface area contributed by atoms with Gasteiger partial charge in [0.25, 0.3) is 5.95 Å². The molecule has 1 fully saturated rings. The van der Waals surface area contributed by atoms with Gasteiger partial charge >= 0.3 is 12.4 Å². The highest BCUT2D eigenvalue weighted by Crippen LogP contribution is 2.37. The minimum atomic E-state index is -4.99. The van der Waals surface area contributed by atoms with Gasteiger partial charge in [0.15, 0.2) is 0 Å². The smallest absolute Gasteiger partial charge is 0.356 e. The number of benzene rings is 2. The Morgan fingerprint density at radius 3 is 2.14 bits per heavy atom. The third kappa shape index (κ3) is 7.16.